The molecule has 27 heavy (non-hydrogen) atoms. The van der Waals surface area contributed by atoms with Crippen molar-refractivity contribution in [3.63, 3.8) is 0 Å². The van der Waals surface area contributed by atoms with Gasteiger partial charge in [-0.3, -0.25) is 14.2 Å². The van der Waals surface area contributed by atoms with E-state index in [1.165, 1.54) is 21.2 Å². The number of aromatic nitrogens is 2. The molecule has 4 rings (SSSR count). The monoisotopic (exact) mass is 439 g/mol. The average Bonchev–Trinajstić information content (AvgIpc) is 3.21. The van der Waals surface area contributed by atoms with E-state index < -0.39 is 0 Å². The Balaban J connectivity index is 1.54. The van der Waals surface area contributed by atoms with Crippen molar-refractivity contribution in [3.05, 3.63) is 49.0 Å². The molecular weight excluding hydrogens is 425 g/mol. The minimum atomic E-state index is -0.243. The van der Waals surface area contributed by atoms with Crippen LogP contribution >= 0.6 is 46.3 Å². The summed E-state index contributed by atoms with van der Waals surface area (Å²) in [5.74, 6) is -0.133. The summed E-state index contributed by atoms with van der Waals surface area (Å²) in [5.41, 5.74) is 1.58. The van der Waals surface area contributed by atoms with Gasteiger partial charge in [0.2, 0.25) is 5.91 Å². The van der Waals surface area contributed by atoms with E-state index in [4.69, 9.17) is 23.2 Å². The van der Waals surface area contributed by atoms with Crippen molar-refractivity contribution in [2.24, 2.45) is 7.05 Å². The van der Waals surface area contributed by atoms with Gasteiger partial charge in [0.05, 0.1) is 26.9 Å². The summed E-state index contributed by atoms with van der Waals surface area (Å²) in [6.45, 7) is 0. The molecule has 0 aliphatic heterocycles. The number of nitrogens with zero attached hydrogens (tertiary/aromatic N) is 2. The molecule has 1 amide bonds. The van der Waals surface area contributed by atoms with E-state index >= 15 is 0 Å². The zero-order chi connectivity index (χ0) is 19.1. The lowest BCUT2D eigenvalue weighted by Crippen LogP contribution is -2.21. The number of hydrogen-bond donors (Lipinski definition) is 1. The molecule has 1 aliphatic rings. The van der Waals surface area contributed by atoms with E-state index in [9.17, 15) is 9.59 Å². The van der Waals surface area contributed by atoms with Crippen molar-refractivity contribution in [1.82, 2.24) is 9.55 Å². The number of carbonyl (C=O) groups excluding carboxylic acids is 1. The van der Waals surface area contributed by atoms with Gasteiger partial charge in [-0.15, -0.1) is 11.3 Å². The fourth-order valence-electron chi connectivity index (χ4n) is 3.15. The third-order valence-electron chi connectivity index (χ3n) is 4.46. The highest BCUT2D eigenvalue weighted by Gasteiger charge is 2.22. The molecular formula is C18H15Cl2N3O2S2. The first kappa shape index (κ1) is 18.8. The van der Waals surface area contributed by atoms with Crippen LogP contribution in [0.25, 0.3) is 10.2 Å². The molecule has 3 aromatic rings. The van der Waals surface area contributed by atoms with Crippen LogP contribution in [0.3, 0.4) is 0 Å². The minimum absolute atomic E-state index is 0.0415. The zero-order valence-electron chi connectivity index (χ0n) is 14.3. The number of anilines is 1. The standard InChI is InChI=1S/C18H15Cl2N3O2S2/c1-23-17(25)14-9-4-2-7-12(9)27-16(14)22-18(23)26-8-13(24)21-11-6-3-5-10(19)15(11)20/h3,5-6H,2,4,7-8H2,1H3,(H,21,24). The van der Waals surface area contributed by atoms with Gasteiger partial charge in [0.25, 0.3) is 5.56 Å². The topological polar surface area (TPSA) is 64.0 Å². The van der Waals surface area contributed by atoms with Gasteiger partial charge in [0, 0.05) is 11.9 Å². The van der Waals surface area contributed by atoms with Crippen LogP contribution in [0, 0.1) is 0 Å². The van der Waals surface area contributed by atoms with E-state index in [2.05, 4.69) is 10.3 Å². The Hall–Kier alpha value is -1.54. The summed E-state index contributed by atoms with van der Waals surface area (Å²) < 4.78 is 1.53. The van der Waals surface area contributed by atoms with E-state index in [-0.39, 0.29) is 17.2 Å². The fourth-order valence-corrected chi connectivity index (χ4v) is 5.57. The van der Waals surface area contributed by atoms with Gasteiger partial charge in [-0.2, -0.15) is 0 Å². The van der Waals surface area contributed by atoms with Crippen LogP contribution in [-0.2, 0) is 24.7 Å². The largest absolute Gasteiger partial charge is 0.324 e. The second-order valence-electron chi connectivity index (χ2n) is 6.23. The highest BCUT2D eigenvalue weighted by molar-refractivity contribution is 7.99. The molecule has 2 aromatic heterocycles. The predicted octanol–water partition coefficient (Wildman–Crippen LogP) is 4.52. The summed E-state index contributed by atoms with van der Waals surface area (Å²) in [5, 5.41) is 4.69. The normalized spacial score (nSPS) is 13.1. The average molecular weight is 440 g/mol. The van der Waals surface area contributed by atoms with Crippen molar-refractivity contribution in [1.29, 1.82) is 0 Å². The molecule has 1 N–H and O–H groups in total. The Morgan fingerprint density at radius 2 is 2.19 bits per heavy atom. The maximum atomic E-state index is 12.8. The SMILES string of the molecule is Cn1c(SCC(=O)Nc2cccc(Cl)c2Cl)nc2sc3c(c2c1=O)CCC3. The van der Waals surface area contributed by atoms with Crippen LogP contribution in [0.15, 0.2) is 28.2 Å². The number of fused-ring (bicyclic) bond motifs is 3. The third-order valence-corrected chi connectivity index (χ3v) is 7.50. The summed E-state index contributed by atoms with van der Waals surface area (Å²) in [6.07, 6.45) is 3.06. The van der Waals surface area contributed by atoms with Crippen LogP contribution < -0.4 is 10.9 Å². The summed E-state index contributed by atoms with van der Waals surface area (Å²) >= 11 is 14.9. The number of benzene rings is 1. The van der Waals surface area contributed by atoms with Crippen molar-refractivity contribution in [2.75, 3.05) is 11.1 Å². The Labute approximate surface area is 173 Å². The number of halogens is 2. The lowest BCUT2D eigenvalue weighted by atomic mass is 10.2. The van der Waals surface area contributed by atoms with Crippen LogP contribution in [0.2, 0.25) is 10.0 Å². The molecule has 9 heteroatoms. The fraction of sp³-hybridized carbons (Fsp3) is 0.278. The molecule has 0 fully saturated rings. The molecule has 0 unspecified atom stereocenters. The summed E-state index contributed by atoms with van der Waals surface area (Å²) in [7, 11) is 1.70. The first-order valence-corrected chi connectivity index (χ1v) is 10.9. The maximum absolute atomic E-state index is 12.8. The van der Waals surface area contributed by atoms with Crippen LogP contribution in [0.1, 0.15) is 16.9 Å². The summed E-state index contributed by atoms with van der Waals surface area (Å²) in [6, 6.07) is 5.05. The van der Waals surface area contributed by atoms with E-state index in [0.717, 1.165) is 35.0 Å². The molecule has 0 spiro atoms. The smallest absolute Gasteiger partial charge is 0.262 e. The number of carbonyl (C=O) groups is 1. The second-order valence-corrected chi connectivity index (χ2v) is 9.05. The van der Waals surface area contributed by atoms with Gasteiger partial charge in [-0.1, -0.05) is 41.0 Å². The van der Waals surface area contributed by atoms with Crippen LogP contribution in [0.4, 0.5) is 5.69 Å². The highest BCUT2D eigenvalue weighted by Crippen LogP contribution is 2.35. The van der Waals surface area contributed by atoms with Crippen molar-refractivity contribution in [3.8, 4) is 0 Å². The third kappa shape index (κ3) is 3.49. The van der Waals surface area contributed by atoms with Gasteiger partial charge >= 0.3 is 0 Å². The minimum Gasteiger partial charge on any atom is -0.324 e. The van der Waals surface area contributed by atoms with Gasteiger partial charge < -0.3 is 5.32 Å². The number of thiophene rings is 1. The van der Waals surface area contributed by atoms with Gasteiger partial charge in [0.1, 0.15) is 4.83 Å². The lowest BCUT2D eigenvalue weighted by Gasteiger charge is -2.09. The lowest BCUT2D eigenvalue weighted by molar-refractivity contribution is -0.113. The van der Waals surface area contributed by atoms with Crippen molar-refractivity contribution >= 4 is 68.1 Å². The van der Waals surface area contributed by atoms with E-state index in [1.54, 1.807) is 36.6 Å². The maximum Gasteiger partial charge on any atom is 0.262 e. The number of rotatable bonds is 4. The Morgan fingerprint density at radius 3 is 3.00 bits per heavy atom. The Kier molecular flexibility index (Phi) is 5.20. The van der Waals surface area contributed by atoms with Crippen molar-refractivity contribution in [2.45, 2.75) is 24.4 Å². The first-order valence-electron chi connectivity index (χ1n) is 8.33. The summed E-state index contributed by atoms with van der Waals surface area (Å²) in [4.78, 5) is 31.7. The Bertz CT molecular complexity index is 1120. The van der Waals surface area contributed by atoms with Crippen LogP contribution in [-0.4, -0.2) is 21.2 Å². The molecule has 0 saturated carbocycles. The number of thioether (sulfide) groups is 1. The molecule has 5 nitrogen and oxygen atoms in total. The van der Waals surface area contributed by atoms with Gasteiger partial charge in [-0.25, -0.2) is 4.98 Å². The number of nitrogens with one attached hydrogen (secondary N) is 1. The molecule has 0 atom stereocenters. The molecule has 1 aliphatic carbocycles. The molecule has 140 valence electrons. The zero-order valence-corrected chi connectivity index (χ0v) is 17.5. The molecule has 1 aromatic carbocycles. The number of hydrogen-bond acceptors (Lipinski definition) is 5. The van der Waals surface area contributed by atoms with E-state index in [0.29, 0.717) is 20.9 Å². The number of aryl methyl sites for hydroxylation is 2. The number of amides is 1. The molecule has 0 saturated heterocycles. The van der Waals surface area contributed by atoms with E-state index in [1.807, 2.05) is 0 Å². The Morgan fingerprint density at radius 1 is 1.37 bits per heavy atom. The molecule has 0 bridgehead atoms. The second kappa shape index (κ2) is 7.47. The molecule has 2 heterocycles. The van der Waals surface area contributed by atoms with Crippen molar-refractivity contribution < 1.29 is 4.79 Å². The quantitative estimate of drug-likeness (QED) is 0.479. The highest BCUT2D eigenvalue weighted by atomic mass is 35.5. The predicted molar refractivity (Wildman–Crippen MR) is 113 cm³/mol. The van der Waals surface area contributed by atoms with Gasteiger partial charge in [0.15, 0.2) is 5.16 Å². The first-order chi connectivity index (χ1) is 13.0. The van der Waals surface area contributed by atoms with Crippen LogP contribution in [0.5, 0.6) is 0 Å². The van der Waals surface area contributed by atoms with Gasteiger partial charge in [-0.05, 0) is 37.0 Å². The molecule has 0 radical (unpaired) electrons.